The molecule has 0 atom stereocenters. The van der Waals surface area contributed by atoms with Crippen molar-refractivity contribution < 1.29 is 0 Å². The van der Waals surface area contributed by atoms with Gasteiger partial charge in [-0.05, 0) is 30.0 Å². The van der Waals surface area contributed by atoms with Crippen LogP contribution in [0.5, 0.6) is 0 Å². The summed E-state index contributed by atoms with van der Waals surface area (Å²) >= 11 is 0. The van der Waals surface area contributed by atoms with Crippen molar-refractivity contribution in [3.63, 3.8) is 0 Å². The summed E-state index contributed by atoms with van der Waals surface area (Å²) in [4.78, 5) is 0. The van der Waals surface area contributed by atoms with Gasteiger partial charge in [-0.3, -0.25) is 0 Å². The smallest absolute Gasteiger partial charge is 0.101 e. The maximum absolute atomic E-state index is 9.60. The Bertz CT molecular complexity index is 910. The molecule has 0 unspecified atom stereocenters. The first-order valence-corrected chi connectivity index (χ1v) is 7.57. The Morgan fingerprint density at radius 1 is 1.00 bits per heavy atom. The van der Waals surface area contributed by atoms with Crippen LogP contribution in [-0.2, 0) is 13.0 Å². The standard InChI is InChI=1S/C20H16N2/c1-14-6-2-4-8-17(14)19-16(12-21)13-22-11-10-15-7-3-5-9-18(15)20(19)22/h2-9,13H,10-11H2,1H3. The summed E-state index contributed by atoms with van der Waals surface area (Å²) in [7, 11) is 0. The number of nitriles is 1. The van der Waals surface area contributed by atoms with E-state index in [1.165, 1.54) is 22.4 Å². The molecule has 106 valence electrons. The number of aryl methyl sites for hydroxylation is 3. The van der Waals surface area contributed by atoms with Gasteiger partial charge >= 0.3 is 0 Å². The van der Waals surface area contributed by atoms with Gasteiger partial charge in [0.25, 0.3) is 0 Å². The average Bonchev–Trinajstić information content (AvgIpc) is 2.94. The van der Waals surface area contributed by atoms with Crippen molar-refractivity contribution in [2.75, 3.05) is 0 Å². The summed E-state index contributed by atoms with van der Waals surface area (Å²) in [6.45, 7) is 3.04. The highest BCUT2D eigenvalue weighted by molar-refractivity contribution is 5.89. The van der Waals surface area contributed by atoms with Gasteiger partial charge in [-0.15, -0.1) is 0 Å². The zero-order valence-corrected chi connectivity index (χ0v) is 12.5. The minimum Gasteiger partial charge on any atom is -0.345 e. The molecule has 1 aliphatic rings. The second kappa shape index (κ2) is 4.89. The van der Waals surface area contributed by atoms with Crippen LogP contribution in [0.4, 0.5) is 0 Å². The molecule has 0 bridgehead atoms. The molecule has 2 aromatic carbocycles. The van der Waals surface area contributed by atoms with Crippen molar-refractivity contribution in [2.24, 2.45) is 0 Å². The highest BCUT2D eigenvalue weighted by atomic mass is 15.0. The number of aromatic nitrogens is 1. The molecule has 4 rings (SSSR count). The number of benzene rings is 2. The van der Waals surface area contributed by atoms with E-state index in [9.17, 15) is 5.26 Å². The molecule has 1 aromatic heterocycles. The van der Waals surface area contributed by atoms with Crippen LogP contribution in [0.25, 0.3) is 22.4 Å². The van der Waals surface area contributed by atoms with Crippen LogP contribution in [0.2, 0.25) is 0 Å². The van der Waals surface area contributed by atoms with Crippen LogP contribution in [-0.4, -0.2) is 4.57 Å². The fourth-order valence-corrected chi connectivity index (χ4v) is 3.44. The predicted molar refractivity (Wildman–Crippen MR) is 88.5 cm³/mol. The van der Waals surface area contributed by atoms with Crippen molar-refractivity contribution in [1.82, 2.24) is 4.57 Å². The molecule has 0 aliphatic carbocycles. The van der Waals surface area contributed by atoms with Crippen LogP contribution in [0.3, 0.4) is 0 Å². The normalized spacial score (nSPS) is 12.4. The third-order valence-electron chi connectivity index (χ3n) is 4.51. The summed E-state index contributed by atoms with van der Waals surface area (Å²) in [6, 6.07) is 19.2. The van der Waals surface area contributed by atoms with Crippen molar-refractivity contribution >= 4 is 0 Å². The third-order valence-corrected chi connectivity index (χ3v) is 4.51. The van der Waals surface area contributed by atoms with Crippen LogP contribution in [0, 0.1) is 18.3 Å². The third kappa shape index (κ3) is 1.79. The lowest BCUT2D eigenvalue weighted by Gasteiger charge is -2.21. The van der Waals surface area contributed by atoms with E-state index in [0.29, 0.717) is 0 Å². The topological polar surface area (TPSA) is 28.7 Å². The van der Waals surface area contributed by atoms with E-state index >= 15 is 0 Å². The lowest BCUT2D eigenvalue weighted by atomic mass is 9.91. The van der Waals surface area contributed by atoms with E-state index in [1.807, 2.05) is 18.3 Å². The SMILES string of the molecule is Cc1ccccc1-c1c(C#N)cn2c1-c1ccccc1CC2. The Labute approximate surface area is 130 Å². The molecule has 0 saturated heterocycles. The summed E-state index contributed by atoms with van der Waals surface area (Å²) < 4.78 is 2.24. The Hall–Kier alpha value is -2.79. The number of hydrogen-bond donors (Lipinski definition) is 0. The van der Waals surface area contributed by atoms with E-state index < -0.39 is 0 Å². The highest BCUT2D eigenvalue weighted by Gasteiger charge is 2.24. The molecule has 0 saturated carbocycles. The molecule has 0 amide bonds. The quantitative estimate of drug-likeness (QED) is 0.644. The Morgan fingerprint density at radius 2 is 1.73 bits per heavy atom. The molecule has 3 aromatic rings. The minimum absolute atomic E-state index is 0.765. The Kier molecular flexibility index (Phi) is 2.87. The van der Waals surface area contributed by atoms with Gasteiger partial charge in [0, 0.05) is 23.9 Å². The Morgan fingerprint density at radius 3 is 2.50 bits per heavy atom. The molecule has 22 heavy (non-hydrogen) atoms. The lowest BCUT2D eigenvalue weighted by Crippen LogP contribution is -2.09. The van der Waals surface area contributed by atoms with E-state index in [2.05, 4.69) is 54.0 Å². The second-order valence-corrected chi connectivity index (χ2v) is 5.79. The van der Waals surface area contributed by atoms with Gasteiger partial charge in [0.05, 0.1) is 11.3 Å². The zero-order chi connectivity index (χ0) is 15.1. The van der Waals surface area contributed by atoms with E-state index in [4.69, 9.17) is 0 Å². The van der Waals surface area contributed by atoms with Crippen molar-refractivity contribution in [3.05, 3.63) is 71.4 Å². The van der Waals surface area contributed by atoms with Crippen LogP contribution >= 0.6 is 0 Å². The monoisotopic (exact) mass is 284 g/mol. The van der Waals surface area contributed by atoms with Gasteiger partial charge in [0.1, 0.15) is 6.07 Å². The van der Waals surface area contributed by atoms with E-state index in [-0.39, 0.29) is 0 Å². The van der Waals surface area contributed by atoms with Crippen LogP contribution in [0.15, 0.2) is 54.7 Å². The van der Waals surface area contributed by atoms with Gasteiger partial charge in [0.2, 0.25) is 0 Å². The van der Waals surface area contributed by atoms with Gasteiger partial charge < -0.3 is 4.57 Å². The number of rotatable bonds is 1. The molecule has 2 nitrogen and oxygen atoms in total. The number of hydrogen-bond acceptors (Lipinski definition) is 1. The largest absolute Gasteiger partial charge is 0.345 e. The fourth-order valence-electron chi connectivity index (χ4n) is 3.44. The van der Waals surface area contributed by atoms with Crippen molar-refractivity contribution in [3.8, 4) is 28.5 Å². The molecule has 0 N–H and O–H groups in total. The van der Waals surface area contributed by atoms with Gasteiger partial charge in [0.15, 0.2) is 0 Å². The molecule has 0 radical (unpaired) electrons. The molecule has 2 heteroatoms. The van der Waals surface area contributed by atoms with Gasteiger partial charge in [-0.2, -0.15) is 5.26 Å². The summed E-state index contributed by atoms with van der Waals surface area (Å²) in [5, 5.41) is 9.60. The van der Waals surface area contributed by atoms with E-state index in [0.717, 1.165) is 29.7 Å². The second-order valence-electron chi connectivity index (χ2n) is 5.79. The molecule has 0 fully saturated rings. The summed E-state index contributed by atoms with van der Waals surface area (Å²) in [6.07, 6.45) is 3.03. The zero-order valence-electron chi connectivity index (χ0n) is 12.5. The van der Waals surface area contributed by atoms with Crippen molar-refractivity contribution in [1.29, 1.82) is 5.26 Å². The predicted octanol–water partition coefficient (Wildman–Crippen LogP) is 4.56. The Balaban J connectivity index is 2.08. The lowest BCUT2D eigenvalue weighted by molar-refractivity contribution is 0.689. The van der Waals surface area contributed by atoms with Crippen LogP contribution in [0.1, 0.15) is 16.7 Å². The molecular weight excluding hydrogens is 268 g/mol. The first-order valence-electron chi connectivity index (χ1n) is 7.57. The fraction of sp³-hybridized carbons (Fsp3) is 0.150. The van der Waals surface area contributed by atoms with E-state index in [1.54, 1.807) is 0 Å². The van der Waals surface area contributed by atoms with Crippen molar-refractivity contribution in [2.45, 2.75) is 19.9 Å². The average molecular weight is 284 g/mol. The minimum atomic E-state index is 0.765. The maximum atomic E-state index is 9.60. The van der Waals surface area contributed by atoms with Crippen LogP contribution < -0.4 is 0 Å². The number of fused-ring (bicyclic) bond motifs is 3. The molecule has 2 heterocycles. The van der Waals surface area contributed by atoms with Gasteiger partial charge in [-0.1, -0.05) is 48.5 Å². The highest BCUT2D eigenvalue weighted by Crippen LogP contribution is 2.41. The summed E-state index contributed by atoms with van der Waals surface area (Å²) in [5.41, 5.74) is 8.02. The summed E-state index contributed by atoms with van der Waals surface area (Å²) in [5.74, 6) is 0. The first kappa shape index (κ1) is 12.9. The first-order chi connectivity index (χ1) is 10.8. The molecular formula is C20H16N2. The van der Waals surface area contributed by atoms with Gasteiger partial charge in [-0.25, -0.2) is 0 Å². The molecule has 1 aliphatic heterocycles. The molecule has 0 spiro atoms. The maximum Gasteiger partial charge on any atom is 0.101 e. The number of nitrogens with zero attached hydrogens (tertiary/aromatic N) is 2.